The van der Waals surface area contributed by atoms with Gasteiger partial charge in [-0.15, -0.1) is 0 Å². The second-order valence-corrected chi connectivity index (χ2v) is 6.76. The molecule has 0 bridgehead atoms. The summed E-state index contributed by atoms with van der Waals surface area (Å²) in [6, 6.07) is 15.4. The molecule has 0 unspecified atom stereocenters. The summed E-state index contributed by atoms with van der Waals surface area (Å²) in [5.74, 6) is -0.230. The Balaban J connectivity index is 1.51. The van der Waals surface area contributed by atoms with Gasteiger partial charge >= 0.3 is 0 Å². The van der Waals surface area contributed by atoms with Gasteiger partial charge in [-0.25, -0.2) is 0 Å². The number of hydrogen-bond acceptors (Lipinski definition) is 4. The number of nitrogens with one attached hydrogen (secondary N) is 2. The van der Waals surface area contributed by atoms with Gasteiger partial charge in [0.15, 0.2) is 0 Å². The Kier molecular flexibility index (Phi) is 6.08. The van der Waals surface area contributed by atoms with Crippen LogP contribution in [0.2, 0.25) is 0 Å². The molecule has 0 radical (unpaired) electrons. The highest BCUT2D eigenvalue weighted by atomic mass is 16.2. The van der Waals surface area contributed by atoms with Crippen LogP contribution in [0, 0.1) is 6.92 Å². The molecule has 1 aliphatic heterocycles. The zero-order valence-corrected chi connectivity index (χ0v) is 15.9. The van der Waals surface area contributed by atoms with Gasteiger partial charge in [-0.2, -0.15) is 0 Å². The van der Waals surface area contributed by atoms with Gasteiger partial charge in [-0.1, -0.05) is 24.3 Å². The predicted octanol–water partition coefficient (Wildman–Crippen LogP) is 2.12. The van der Waals surface area contributed by atoms with Crippen LogP contribution in [0.25, 0.3) is 0 Å². The number of nitrogens with zero attached hydrogens (tertiary/aromatic N) is 2. The molecule has 27 heavy (non-hydrogen) atoms. The second-order valence-electron chi connectivity index (χ2n) is 6.76. The van der Waals surface area contributed by atoms with Crippen LogP contribution in [-0.2, 0) is 4.79 Å². The number of amides is 2. The van der Waals surface area contributed by atoms with E-state index in [-0.39, 0.29) is 11.8 Å². The zero-order chi connectivity index (χ0) is 19.2. The maximum atomic E-state index is 12.4. The fourth-order valence-corrected chi connectivity index (χ4v) is 3.35. The lowest BCUT2D eigenvalue weighted by Crippen LogP contribution is -2.48. The molecule has 142 valence electrons. The third-order valence-corrected chi connectivity index (χ3v) is 4.83. The third-order valence-electron chi connectivity index (χ3n) is 4.83. The molecule has 2 amide bonds. The van der Waals surface area contributed by atoms with Crippen molar-refractivity contribution in [2.75, 3.05) is 50.0 Å². The van der Waals surface area contributed by atoms with E-state index in [9.17, 15) is 9.59 Å². The highest BCUT2D eigenvalue weighted by Gasteiger charge is 2.20. The van der Waals surface area contributed by atoms with Crippen LogP contribution < -0.4 is 15.5 Å². The average molecular weight is 366 g/mol. The van der Waals surface area contributed by atoms with E-state index in [4.69, 9.17) is 0 Å². The number of rotatable bonds is 5. The van der Waals surface area contributed by atoms with Crippen molar-refractivity contribution >= 4 is 23.2 Å². The lowest BCUT2D eigenvalue weighted by molar-refractivity contribution is -0.117. The first kappa shape index (κ1) is 18.9. The summed E-state index contributed by atoms with van der Waals surface area (Å²) in [5, 5.41) is 5.47. The first-order valence-electron chi connectivity index (χ1n) is 9.22. The molecule has 1 aliphatic rings. The topological polar surface area (TPSA) is 64.7 Å². The number of hydrogen-bond donors (Lipinski definition) is 2. The number of para-hydroxylation sites is 1. The highest BCUT2D eigenvalue weighted by molar-refractivity contribution is 5.97. The molecule has 6 heteroatoms. The van der Waals surface area contributed by atoms with Crippen LogP contribution in [0.3, 0.4) is 0 Å². The minimum atomic E-state index is -0.168. The van der Waals surface area contributed by atoms with Crippen LogP contribution >= 0.6 is 0 Å². The van der Waals surface area contributed by atoms with Crippen molar-refractivity contribution in [3.63, 3.8) is 0 Å². The van der Waals surface area contributed by atoms with Crippen LogP contribution in [0.4, 0.5) is 11.4 Å². The highest BCUT2D eigenvalue weighted by Crippen LogP contribution is 2.20. The second kappa shape index (κ2) is 8.68. The standard InChI is InChI=1S/C21H26N4O2/c1-16-6-3-4-9-19(16)25-12-10-24(11-13-25)15-20(26)23-18-8-5-7-17(14-18)21(27)22-2/h3-9,14H,10-13,15H2,1-2H3,(H,22,27)(H,23,26). The van der Waals surface area contributed by atoms with E-state index in [2.05, 4.69) is 51.6 Å². The van der Waals surface area contributed by atoms with Crippen molar-refractivity contribution in [3.05, 3.63) is 59.7 Å². The molecule has 2 N–H and O–H groups in total. The lowest BCUT2D eigenvalue weighted by atomic mass is 10.1. The Hall–Kier alpha value is -2.86. The fourth-order valence-electron chi connectivity index (χ4n) is 3.35. The van der Waals surface area contributed by atoms with Gasteiger partial charge in [-0.05, 0) is 36.8 Å². The SMILES string of the molecule is CNC(=O)c1cccc(NC(=O)CN2CCN(c3ccccc3C)CC2)c1. The minimum absolute atomic E-state index is 0.0617. The Bertz CT molecular complexity index is 813. The summed E-state index contributed by atoms with van der Waals surface area (Å²) in [7, 11) is 1.59. The maximum absolute atomic E-state index is 12.4. The van der Waals surface area contributed by atoms with Crippen molar-refractivity contribution in [2.24, 2.45) is 0 Å². The Labute approximate surface area is 160 Å². The Morgan fingerprint density at radius 3 is 2.44 bits per heavy atom. The van der Waals surface area contributed by atoms with Crippen molar-refractivity contribution in [1.82, 2.24) is 10.2 Å². The molecule has 0 spiro atoms. The molecule has 3 rings (SSSR count). The number of benzene rings is 2. The first-order valence-corrected chi connectivity index (χ1v) is 9.22. The Morgan fingerprint density at radius 2 is 1.74 bits per heavy atom. The first-order chi connectivity index (χ1) is 13.1. The van der Waals surface area contributed by atoms with E-state index in [1.165, 1.54) is 11.3 Å². The number of aryl methyl sites for hydroxylation is 1. The van der Waals surface area contributed by atoms with E-state index in [0.717, 1.165) is 26.2 Å². The van der Waals surface area contributed by atoms with Crippen molar-refractivity contribution in [3.8, 4) is 0 Å². The molecule has 0 aliphatic carbocycles. The maximum Gasteiger partial charge on any atom is 0.251 e. The third kappa shape index (κ3) is 4.86. The fraction of sp³-hybridized carbons (Fsp3) is 0.333. The molecule has 0 atom stereocenters. The minimum Gasteiger partial charge on any atom is -0.369 e. The molecule has 6 nitrogen and oxygen atoms in total. The molecule has 2 aromatic rings. The predicted molar refractivity (Wildman–Crippen MR) is 108 cm³/mol. The van der Waals surface area contributed by atoms with Crippen LogP contribution in [0.1, 0.15) is 15.9 Å². The van der Waals surface area contributed by atoms with Gasteiger partial charge in [-0.3, -0.25) is 14.5 Å². The van der Waals surface area contributed by atoms with Crippen LogP contribution in [0.15, 0.2) is 48.5 Å². The van der Waals surface area contributed by atoms with Gasteiger partial charge < -0.3 is 15.5 Å². The van der Waals surface area contributed by atoms with E-state index in [0.29, 0.717) is 17.8 Å². The van der Waals surface area contributed by atoms with Crippen molar-refractivity contribution < 1.29 is 9.59 Å². The van der Waals surface area contributed by atoms with Crippen LogP contribution in [-0.4, -0.2) is 56.5 Å². The number of carbonyl (C=O) groups is 2. The van der Waals surface area contributed by atoms with Gasteiger partial charge in [0.2, 0.25) is 5.91 Å². The summed E-state index contributed by atoms with van der Waals surface area (Å²) in [6.07, 6.45) is 0. The van der Waals surface area contributed by atoms with E-state index < -0.39 is 0 Å². The quantitative estimate of drug-likeness (QED) is 0.851. The van der Waals surface area contributed by atoms with Gasteiger partial charge in [0.05, 0.1) is 6.54 Å². The molecule has 0 saturated carbocycles. The summed E-state index contributed by atoms with van der Waals surface area (Å²) in [6.45, 7) is 5.99. The average Bonchev–Trinajstić information content (AvgIpc) is 2.68. The van der Waals surface area contributed by atoms with Gasteiger partial charge in [0.1, 0.15) is 0 Å². The van der Waals surface area contributed by atoms with Crippen molar-refractivity contribution in [2.45, 2.75) is 6.92 Å². The van der Waals surface area contributed by atoms with E-state index >= 15 is 0 Å². The van der Waals surface area contributed by atoms with E-state index in [1.807, 2.05) is 0 Å². The molecular formula is C21H26N4O2. The largest absolute Gasteiger partial charge is 0.369 e. The van der Waals surface area contributed by atoms with Gasteiger partial charge in [0, 0.05) is 50.2 Å². The Morgan fingerprint density at radius 1 is 1.00 bits per heavy atom. The smallest absolute Gasteiger partial charge is 0.251 e. The van der Waals surface area contributed by atoms with Gasteiger partial charge in [0.25, 0.3) is 5.91 Å². The zero-order valence-electron chi connectivity index (χ0n) is 15.9. The summed E-state index contributed by atoms with van der Waals surface area (Å²) in [4.78, 5) is 28.6. The molecule has 1 fully saturated rings. The number of carbonyl (C=O) groups excluding carboxylic acids is 2. The lowest BCUT2D eigenvalue weighted by Gasteiger charge is -2.36. The summed E-state index contributed by atoms with van der Waals surface area (Å²) < 4.78 is 0. The molecular weight excluding hydrogens is 340 g/mol. The molecule has 1 saturated heterocycles. The number of piperazine rings is 1. The summed E-state index contributed by atoms with van der Waals surface area (Å²) >= 11 is 0. The normalized spacial score (nSPS) is 14.7. The van der Waals surface area contributed by atoms with Crippen molar-refractivity contribution in [1.29, 1.82) is 0 Å². The summed E-state index contributed by atoms with van der Waals surface area (Å²) in [5.41, 5.74) is 3.72. The molecule has 2 aromatic carbocycles. The monoisotopic (exact) mass is 366 g/mol. The van der Waals surface area contributed by atoms with Crippen LogP contribution in [0.5, 0.6) is 0 Å². The number of anilines is 2. The molecule has 0 aromatic heterocycles. The molecule has 1 heterocycles. The van der Waals surface area contributed by atoms with E-state index in [1.54, 1.807) is 31.3 Å².